The zero-order valence-corrected chi connectivity index (χ0v) is 30.0. The molecule has 1 aromatic carbocycles. The third-order valence-electron chi connectivity index (χ3n) is 9.93. The van der Waals surface area contributed by atoms with Crippen LogP contribution in [0.1, 0.15) is 80.3 Å². The van der Waals surface area contributed by atoms with E-state index in [1.807, 2.05) is 0 Å². The summed E-state index contributed by atoms with van der Waals surface area (Å²) in [5.74, 6) is -11.5. The molecule has 0 fully saturated rings. The summed E-state index contributed by atoms with van der Waals surface area (Å²) in [7, 11) is 1.40. The number of allylic oxidation sites excluding steroid dienone is 3. The lowest BCUT2D eigenvalue weighted by atomic mass is 9.78. The number of esters is 1. The molecule has 14 heteroatoms. The summed E-state index contributed by atoms with van der Waals surface area (Å²) in [4.78, 5) is 66.0. The van der Waals surface area contributed by atoms with Crippen molar-refractivity contribution >= 4 is 35.0 Å². The number of aromatic hydroxyl groups is 1. The van der Waals surface area contributed by atoms with E-state index in [4.69, 9.17) is 18.9 Å². The van der Waals surface area contributed by atoms with Crippen LogP contribution in [0.15, 0.2) is 41.8 Å². The lowest BCUT2D eigenvalue weighted by Crippen LogP contribution is -2.46. The van der Waals surface area contributed by atoms with Crippen LogP contribution in [0.4, 0.5) is 0 Å². The molecular formula is C37H45NO13. The number of methoxy groups -OCH3 is 1. The first-order valence-corrected chi connectivity index (χ1v) is 16.5. The number of phenols is 1. The molecule has 51 heavy (non-hydrogen) atoms. The van der Waals surface area contributed by atoms with Crippen LogP contribution in [0.2, 0.25) is 0 Å². The normalized spacial score (nSPS) is 31.9. The summed E-state index contributed by atoms with van der Waals surface area (Å²) >= 11 is 0. The lowest BCUT2D eigenvalue weighted by Gasteiger charge is -2.38. The van der Waals surface area contributed by atoms with Gasteiger partial charge in [-0.1, -0.05) is 45.9 Å². The Morgan fingerprint density at radius 2 is 1.55 bits per heavy atom. The van der Waals surface area contributed by atoms with Gasteiger partial charge in [-0.3, -0.25) is 24.0 Å². The molecule has 0 radical (unpaired) electrons. The second kappa shape index (κ2) is 14.8. The summed E-state index contributed by atoms with van der Waals surface area (Å²) < 4.78 is 23.0. The molecule has 3 aliphatic heterocycles. The second-order valence-corrected chi connectivity index (χ2v) is 13.5. The maximum absolute atomic E-state index is 13.9. The molecule has 1 amide bonds. The molecule has 0 spiro atoms. The fourth-order valence-corrected chi connectivity index (χ4v) is 6.68. The number of aliphatic hydroxyl groups excluding tert-OH is 3. The molecule has 276 valence electrons. The van der Waals surface area contributed by atoms with Crippen molar-refractivity contribution in [2.75, 3.05) is 7.11 Å². The van der Waals surface area contributed by atoms with Crippen LogP contribution >= 0.6 is 0 Å². The minimum atomic E-state index is -2.12. The number of carbonyl (C=O) groups excluding carboxylic acids is 5. The minimum Gasteiger partial charge on any atom is -0.507 e. The van der Waals surface area contributed by atoms with E-state index < -0.39 is 117 Å². The summed E-state index contributed by atoms with van der Waals surface area (Å²) in [6.07, 6.45) is 3.05. The lowest BCUT2D eigenvalue weighted by molar-refractivity contribution is -0.160. The molecular weight excluding hydrogens is 666 g/mol. The van der Waals surface area contributed by atoms with Crippen molar-refractivity contribution in [3.05, 3.63) is 64.1 Å². The number of ether oxygens (including phenoxy) is 4. The van der Waals surface area contributed by atoms with Gasteiger partial charge in [0, 0.05) is 55.8 Å². The predicted octanol–water partition coefficient (Wildman–Crippen LogP) is 3.36. The Morgan fingerprint density at radius 1 is 0.902 bits per heavy atom. The monoisotopic (exact) mass is 711 g/mol. The number of ketones is 3. The van der Waals surface area contributed by atoms with Crippen molar-refractivity contribution < 1.29 is 63.3 Å². The van der Waals surface area contributed by atoms with Crippen LogP contribution in [0.3, 0.4) is 0 Å². The Morgan fingerprint density at radius 3 is 2.16 bits per heavy atom. The van der Waals surface area contributed by atoms with E-state index >= 15 is 0 Å². The van der Waals surface area contributed by atoms with Gasteiger partial charge in [0.05, 0.1) is 41.3 Å². The first-order chi connectivity index (χ1) is 23.8. The first kappa shape index (κ1) is 39.0. The van der Waals surface area contributed by atoms with Crippen LogP contribution < -0.4 is 10.1 Å². The molecule has 0 aromatic heterocycles. The summed E-state index contributed by atoms with van der Waals surface area (Å²) in [5, 5.41) is 47.1. The van der Waals surface area contributed by atoms with Crippen molar-refractivity contribution in [3.63, 3.8) is 0 Å². The zero-order chi connectivity index (χ0) is 38.3. The Hall–Kier alpha value is -4.79. The standard InChI is InChI=1S/C37H45NO13/c1-15-11-10-12-16(2)36(47)38-26-30(43)24-23(31(44)32(26)45)25-34(20(6)29(24)42)51-37(8,35(25)46)49-14-13-22(48-9)17(3)33(50-21(7)39)19(5)28(41)18(4)27(15)40/h10-15,17-19,22,27-28,33,40-43H,1-9H3,(H,38,47)/t15-,17+,18+,19+,22-,27-,28+,33-,37+/m0/s1. The average Bonchev–Trinajstić information content (AvgIpc) is 3.35. The molecule has 0 saturated carbocycles. The number of hydrogen-bond acceptors (Lipinski definition) is 13. The van der Waals surface area contributed by atoms with Gasteiger partial charge >= 0.3 is 11.8 Å². The Kier molecular flexibility index (Phi) is 11.3. The Bertz CT molecular complexity index is 1770. The van der Waals surface area contributed by atoms with Crippen molar-refractivity contribution in [1.82, 2.24) is 5.32 Å². The molecule has 0 saturated heterocycles. The number of carbonyl (C=O) groups is 5. The van der Waals surface area contributed by atoms with Gasteiger partial charge in [-0.15, -0.1) is 0 Å². The highest BCUT2D eigenvalue weighted by Gasteiger charge is 2.53. The second-order valence-electron chi connectivity index (χ2n) is 13.5. The van der Waals surface area contributed by atoms with Gasteiger partial charge in [0.1, 0.15) is 23.3 Å². The zero-order valence-electron chi connectivity index (χ0n) is 30.0. The van der Waals surface area contributed by atoms with Crippen molar-refractivity contribution in [2.24, 2.45) is 23.7 Å². The first-order valence-electron chi connectivity index (χ1n) is 16.5. The molecule has 3 heterocycles. The van der Waals surface area contributed by atoms with Gasteiger partial charge in [0.25, 0.3) is 17.5 Å². The molecule has 0 unspecified atom stereocenters. The summed E-state index contributed by atoms with van der Waals surface area (Å²) in [6.45, 7) is 12.0. The highest BCUT2D eigenvalue weighted by molar-refractivity contribution is 6.53. The van der Waals surface area contributed by atoms with Gasteiger partial charge < -0.3 is 44.7 Å². The van der Waals surface area contributed by atoms with E-state index in [9.17, 15) is 44.4 Å². The molecule has 5 N–H and O–H groups in total. The van der Waals surface area contributed by atoms with Crippen LogP contribution in [0.25, 0.3) is 5.76 Å². The fraction of sp³-hybridized carbons (Fsp3) is 0.486. The third-order valence-corrected chi connectivity index (χ3v) is 9.93. The number of fused-ring (bicyclic) bond motifs is 14. The molecule has 1 aliphatic carbocycles. The van der Waals surface area contributed by atoms with Gasteiger partial charge in [-0.25, -0.2) is 0 Å². The predicted molar refractivity (Wildman–Crippen MR) is 181 cm³/mol. The number of benzene rings is 1. The molecule has 1 aromatic rings. The number of hydrogen-bond donors (Lipinski definition) is 5. The van der Waals surface area contributed by atoms with E-state index in [2.05, 4.69) is 5.32 Å². The Labute approximate surface area is 295 Å². The number of aliphatic hydroxyl groups is 3. The highest BCUT2D eigenvalue weighted by Crippen LogP contribution is 2.49. The third kappa shape index (κ3) is 7.08. The van der Waals surface area contributed by atoms with Crippen LogP contribution in [0.5, 0.6) is 11.5 Å². The van der Waals surface area contributed by atoms with E-state index in [0.29, 0.717) is 0 Å². The van der Waals surface area contributed by atoms with E-state index in [0.717, 1.165) is 6.26 Å². The number of Topliss-reactive ketones (excluding diaryl/α,β-unsaturated/α-hetero) is 3. The number of amides is 1. The SMILES string of the molecule is CO[C@H]1C=CO[C@]2(C)Oc3c(C)c(O)c4c(c3C2=O)C(=O)C(=O)C(=C4O)NC(=O)C(C)=CC=C[C@H](C)[C@H](O)[C@@H](C)[C@@H](O)[C@@H](C)[C@@H](OC(C)=O)[C@@H]1C. The van der Waals surface area contributed by atoms with Gasteiger partial charge in [-0.05, 0) is 19.9 Å². The number of rotatable bonds is 2. The highest BCUT2D eigenvalue weighted by atomic mass is 16.7. The molecule has 5 rings (SSSR count). The largest absolute Gasteiger partial charge is 0.507 e. The smallest absolute Gasteiger partial charge is 0.312 e. The van der Waals surface area contributed by atoms with Gasteiger partial charge in [0.2, 0.25) is 5.78 Å². The maximum atomic E-state index is 13.9. The Balaban J connectivity index is 1.88. The van der Waals surface area contributed by atoms with Crippen LogP contribution in [0, 0.1) is 30.6 Å². The van der Waals surface area contributed by atoms with Gasteiger partial charge in [-0.2, -0.15) is 0 Å². The topological polar surface area (TPSA) is 215 Å². The van der Waals surface area contributed by atoms with Crippen LogP contribution in [-0.4, -0.2) is 87.0 Å². The molecule has 4 aliphatic rings. The van der Waals surface area contributed by atoms with Crippen molar-refractivity contribution in [2.45, 2.75) is 85.6 Å². The van der Waals surface area contributed by atoms with E-state index in [1.165, 1.54) is 53.0 Å². The number of phenolic OH excluding ortho intramolecular Hbond substituents is 1. The molecule has 14 nitrogen and oxygen atoms in total. The van der Waals surface area contributed by atoms with Crippen molar-refractivity contribution in [1.29, 1.82) is 0 Å². The van der Waals surface area contributed by atoms with Crippen LogP contribution in [-0.2, 0) is 28.6 Å². The van der Waals surface area contributed by atoms with E-state index in [1.54, 1.807) is 33.8 Å². The molecule has 5 bridgehead atoms. The summed E-state index contributed by atoms with van der Waals surface area (Å²) in [6, 6.07) is 0. The quantitative estimate of drug-likeness (QED) is 0.220. The number of nitrogens with one attached hydrogen (secondary N) is 1. The maximum Gasteiger partial charge on any atom is 0.312 e. The average molecular weight is 712 g/mol. The van der Waals surface area contributed by atoms with Gasteiger partial charge in [0.15, 0.2) is 5.76 Å². The minimum absolute atomic E-state index is 0.0419. The van der Waals surface area contributed by atoms with Crippen molar-refractivity contribution in [3.8, 4) is 11.5 Å². The summed E-state index contributed by atoms with van der Waals surface area (Å²) in [5.41, 5.74) is -2.34. The van der Waals surface area contributed by atoms with E-state index in [-0.39, 0.29) is 16.9 Å². The molecule has 9 atom stereocenters. The fourth-order valence-electron chi connectivity index (χ4n) is 6.68.